The second-order valence-corrected chi connectivity index (χ2v) is 2.47. The molecule has 0 aliphatic heterocycles. The third-order valence-electron chi connectivity index (χ3n) is 1.55. The predicted octanol–water partition coefficient (Wildman–Crippen LogP) is 0.478. The standard InChI is InChI=1S/C9H11N3O/c10-4-5-13-9-3-1-2-8(12)7(9)6-11/h1-3H,4-5,10,12H2. The van der Waals surface area contributed by atoms with E-state index < -0.39 is 0 Å². The first kappa shape index (κ1) is 9.36. The summed E-state index contributed by atoms with van der Waals surface area (Å²) in [4.78, 5) is 0. The maximum absolute atomic E-state index is 8.76. The highest BCUT2D eigenvalue weighted by atomic mass is 16.5. The summed E-state index contributed by atoms with van der Waals surface area (Å²) >= 11 is 0. The SMILES string of the molecule is N#Cc1c(N)cccc1OCCN. The van der Waals surface area contributed by atoms with Gasteiger partial charge in [-0.1, -0.05) is 6.07 Å². The quantitative estimate of drug-likeness (QED) is 0.657. The fraction of sp³-hybridized carbons (Fsp3) is 0.222. The van der Waals surface area contributed by atoms with E-state index >= 15 is 0 Å². The molecule has 0 saturated carbocycles. The summed E-state index contributed by atoms with van der Waals surface area (Å²) in [7, 11) is 0. The summed E-state index contributed by atoms with van der Waals surface area (Å²) in [5.41, 5.74) is 11.6. The van der Waals surface area contributed by atoms with E-state index in [2.05, 4.69) is 0 Å². The van der Waals surface area contributed by atoms with Crippen LogP contribution in [0.5, 0.6) is 5.75 Å². The van der Waals surface area contributed by atoms with Gasteiger partial charge in [0.05, 0.1) is 5.69 Å². The molecule has 4 heteroatoms. The maximum Gasteiger partial charge on any atom is 0.139 e. The van der Waals surface area contributed by atoms with Crippen LogP contribution in [0.3, 0.4) is 0 Å². The van der Waals surface area contributed by atoms with Gasteiger partial charge in [0.25, 0.3) is 0 Å². The van der Waals surface area contributed by atoms with Crippen LogP contribution in [-0.2, 0) is 0 Å². The van der Waals surface area contributed by atoms with Gasteiger partial charge in [-0.15, -0.1) is 0 Å². The lowest BCUT2D eigenvalue weighted by Crippen LogP contribution is -2.11. The zero-order valence-corrected chi connectivity index (χ0v) is 7.16. The topological polar surface area (TPSA) is 85.1 Å². The number of nitrogen functional groups attached to an aromatic ring is 1. The van der Waals surface area contributed by atoms with Crippen LogP contribution in [0.4, 0.5) is 5.69 Å². The molecule has 0 radical (unpaired) electrons. The van der Waals surface area contributed by atoms with E-state index in [1.165, 1.54) is 0 Å². The van der Waals surface area contributed by atoms with Crippen LogP contribution in [0, 0.1) is 11.3 Å². The van der Waals surface area contributed by atoms with Crippen LogP contribution in [0.1, 0.15) is 5.56 Å². The number of hydrogen-bond donors (Lipinski definition) is 2. The minimum atomic E-state index is 0.371. The maximum atomic E-state index is 8.76. The Hall–Kier alpha value is -1.73. The van der Waals surface area contributed by atoms with Gasteiger partial charge in [-0.05, 0) is 12.1 Å². The van der Waals surface area contributed by atoms with Gasteiger partial charge in [-0.2, -0.15) is 5.26 Å². The molecule has 68 valence electrons. The Bertz CT molecular complexity index is 330. The second kappa shape index (κ2) is 4.33. The normalized spacial score (nSPS) is 9.23. The van der Waals surface area contributed by atoms with Crippen molar-refractivity contribution >= 4 is 5.69 Å². The first-order valence-electron chi connectivity index (χ1n) is 3.91. The number of nitriles is 1. The van der Waals surface area contributed by atoms with Crippen LogP contribution >= 0.6 is 0 Å². The molecule has 0 fully saturated rings. The molecule has 13 heavy (non-hydrogen) atoms. The van der Waals surface area contributed by atoms with Crippen LogP contribution in [0.2, 0.25) is 0 Å². The average molecular weight is 177 g/mol. The van der Waals surface area contributed by atoms with Gasteiger partial charge in [0.2, 0.25) is 0 Å². The summed E-state index contributed by atoms with van der Waals surface area (Å²) in [6.07, 6.45) is 0. The molecule has 1 aromatic carbocycles. The minimum Gasteiger partial charge on any atom is -0.491 e. The van der Waals surface area contributed by atoms with Gasteiger partial charge in [-0.25, -0.2) is 0 Å². The van der Waals surface area contributed by atoms with E-state index in [0.717, 1.165) is 0 Å². The van der Waals surface area contributed by atoms with Crippen LogP contribution in [-0.4, -0.2) is 13.2 Å². The van der Waals surface area contributed by atoms with Crippen LogP contribution in [0.15, 0.2) is 18.2 Å². The van der Waals surface area contributed by atoms with Crippen molar-refractivity contribution in [1.29, 1.82) is 5.26 Å². The number of anilines is 1. The van der Waals surface area contributed by atoms with Crippen LogP contribution < -0.4 is 16.2 Å². The van der Waals surface area contributed by atoms with E-state index in [4.69, 9.17) is 21.5 Å². The van der Waals surface area contributed by atoms with Gasteiger partial charge in [0.15, 0.2) is 0 Å². The number of benzene rings is 1. The Morgan fingerprint density at radius 1 is 1.46 bits per heavy atom. The Labute approximate surface area is 76.7 Å². The molecular weight excluding hydrogens is 166 g/mol. The number of nitrogens with two attached hydrogens (primary N) is 2. The highest BCUT2D eigenvalue weighted by Crippen LogP contribution is 2.22. The molecule has 0 heterocycles. The molecule has 0 aromatic heterocycles. The zero-order valence-electron chi connectivity index (χ0n) is 7.16. The lowest BCUT2D eigenvalue weighted by atomic mass is 10.2. The largest absolute Gasteiger partial charge is 0.491 e. The molecular formula is C9H11N3O. The smallest absolute Gasteiger partial charge is 0.139 e. The molecule has 1 aromatic rings. The average Bonchev–Trinajstić information content (AvgIpc) is 2.15. The molecule has 0 amide bonds. The monoisotopic (exact) mass is 177 g/mol. The van der Waals surface area contributed by atoms with E-state index in [0.29, 0.717) is 30.2 Å². The van der Waals surface area contributed by atoms with Crippen LogP contribution in [0.25, 0.3) is 0 Å². The number of rotatable bonds is 3. The Kier molecular flexibility index (Phi) is 3.12. The van der Waals surface area contributed by atoms with Crippen molar-refractivity contribution in [2.24, 2.45) is 5.73 Å². The molecule has 1 rings (SSSR count). The van der Waals surface area contributed by atoms with Crippen molar-refractivity contribution in [2.75, 3.05) is 18.9 Å². The summed E-state index contributed by atoms with van der Waals surface area (Å²) in [5, 5.41) is 8.76. The Morgan fingerprint density at radius 3 is 2.85 bits per heavy atom. The summed E-state index contributed by atoms with van der Waals surface area (Å²) in [6.45, 7) is 0.803. The molecule has 0 bridgehead atoms. The fourth-order valence-electron chi connectivity index (χ4n) is 0.957. The van der Waals surface area contributed by atoms with E-state index in [9.17, 15) is 0 Å². The Balaban J connectivity index is 2.93. The highest BCUT2D eigenvalue weighted by molar-refractivity contribution is 5.60. The molecule has 0 aliphatic carbocycles. The zero-order chi connectivity index (χ0) is 9.68. The van der Waals surface area contributed by atoms with E-state index in [1.54, 1.807) is 18.2 Å². The van der Waals surface area contributed by atoms with E-state index in [-0.39, 0.29) is 0 Å². The van der Waals surface area contributed by atoms with Gasteiger partial charge in [0, 0.05) is 6.54 Å². The van der Waals surface area contributed by atoms with Crippen molar-refractivity contribution < 1.29 is 4.74 Å². The number of nitrogens with zero attached hydrogens (tertiary/aromatic N) is 1. The van der Waals surface area contributed by atoms with E-state index in [1.807, 2.05) is 6.07 Å². The third kappa shape index (κ3) is 2.10. The summed E-state index contributed by atoms with van der Waals surface area (Å²) in [5.74, 6) is 0.493. The van der Waals surface area contributed by atoms with Crippen molar-refractivity contribution in [3.05, 3.63) is 23.8 Å². The minimum absolute atomic E-state index is 0.371. The van der Waals surface area contributed by atoms with Gasteiger partial charge < -0.3 is 16.2 Å². The molecule has 0 spiro atoms. The molecule has 0 aliphatic rings. The van der Waals surface area contributed by atoms with Crippen molar-refractivity contribution in [1.82, 2.24) is 0 Å². The Morgan fingerprint density at radius 2 is 2.23 bits per heavy atom. The summed E-state index contributed by atoms with van der Waals surface area (Å²) in [6, 6.07) is 7.08. The summed E-state index contributed by atoms with van der Waals surface area (Å²) < 4.78 is 5.23. The molecule has 0 atom stereocenters. The lowest BCUT2D eigenvalue weighted by Gasteiger charge is -2.07. The highest BCUT2D eigenvalue weighted by Gasteiger charge is 2.05. The molecule has 4 N–H and O–H groups in total. The molecule has 0 unspecified atom stereocenters. The molecule has 0 saturated heterocycles. The van der Waals surface area contributed by atoms with Gasteiger partial charge >= 0.3 is 0 Å². The molecule has 4 nitrogen and oxygen atoms in total. The number of hydrogen-bond acceptors (Lipinski definition) is 4. The fourth-order valence-corrected chi connectivity index (χ4v) is 0.957. The van der Waals surface area contributed by atoms with Crippen molar-refractivity contribution in [2.45, 2.75) is 0 Å². The second-order valence-electron chi connectivity index (χ2n) is 2.47. The third-order valence-corrected chi connectivity index (χ3v) is 1.55. The van der Waals surface area contributed by atoms with Crippen molar-refractivity contribution in [3.63, 3.8) is 0 Å². The predicted molar refractivity (Wildman–Crippen MR) is 50.1 cm³/mol. The first-order valence-corrected chi connectivity index (χ1v) is 3.91. The lowest BCUT2D eigenvalue weighted by molar-refractivity contribution is 0.327. The number of ether oxygens (including phenoxy) is 1. The first-order chi connectivity index (χ1) is 6.29. The van der Waals surface area contributed by atoms with Gasteiger partial charge in [0.1, 0.15) is 24.0 Å². The van der Waals surface area contributed by atoms with Crippen molar-refractivity contribution in [3.8, 4) is 11.8 Å². The van der Waals surface area contributed by atoms with Gasteiger partial charge in [-0.3, -0.25) is 0 Å².